The molecule has 0 aliphatic heterocycles. The molecule has 0 amide bonds. The molecule has 1 N–H and O–H groups in total. The van der Waals surface area contributed by atoms with Gasteiger partial charge in [0.15, 0.2) is 0 Å². The monoisotopic (exact) mass is 284 g/mol. The van der Waals surface area contributed by atoms with Crippen molar-refractivity contribution >= 4 is 0 Å². The molecular weight excluding hydrogens is 259 g/mol. The molecule has 5 heteroatoms. The van der Waals surface area contributed by atoms with E-state index < -0.39 is 0 Å². The zero-order valence-corrected chi connectivity index (χ0v) is 12.6. The van der Waals surface area contributed by atoms with Crippen molar-refractivity contribution in [2.75, 3.05) is 19.8 Å². The van der Waals surface area contributed by atoms with Gasteiger partial charge in [-0.1, -0.05) is 27.2 Å². The third-order valence-corrected chi connectivity index (χ3v) is 2.70. The van der Waals surface area contributed by atoms with Crippen LogP contribution in [0.3, 0.4) is 0 Å². The fraction of sp³-hybridized carbons (Fsp3) is 0.667. The summed E-state index contributed by atoms with van der Waals surface area (Å²) in [7, 11) is 0. The predicted molar refractivity (Wildman–Crippen MR) is 77.4 cm³/mol. The van der Waals surface area contributed by atoms with Gasteiger partial charge in [-0.3, -0.25) is 0 Å². The third-order valence-electron chi connectivity index (χ3n) is 2.70. The Labute approximate surface area is 120 Å². The standard InChI is InChI=1S/C15H25FN2O2/c1-4-5-6-19-7-8-20-15-13(10-17-12(2)3)9-14(16)11-18-15/h9,11-12,17H,4-8,10H2,1-3H3. The van der Waals surface area contributed by atoms with Gasteiger partial charge in [-0.25, -0.2) is 9.37 Å². The van der Waals surface area contributed by atoms with Crippen LogP contribution in [0.1, 0.15) is 39.2 Å². The largest absolute Gasteiger partial charge is 0.475 e. The van der Waals surface area contributed by atoms with Crippen molar-refractivity contribution in [3.8, 4) is 5.88 Å². The minimum Gasteiger partial charge on any atom is -0.475 e. The maximum absolute atomic E-state index is 13.2. The van der Waals surface area contributed by atoms with Crippen molar-refractivity contribution in [1.29, 1.82) is 0 Å². The number of unbranched alkanes of at least 4 members (excludes halogenated alkanes) is 1. The molecule has 0 saturated heterocycles. The molecule has 0 radical (unpaired) electrons. The topological polar surface area (TPSA) is 43.4 Å². The summed E-state index contributed by atoms with van der Waals surface area (Å²) in [5.41, 5.74) is 0.729. The Morgan fingerprint density at radius 3 is 2.80 bits per heavy atom. The van der Waals surface area contributed by atoms with Crippen LogP contribution in [-0.2, 0) is 11.3 Å². The molecule has 1 heterocycles. The van der Waals surface area contributed by atoms with Gasteiger partial charge in [0.25, 0.3) is 0 Å². The van der Waals surface area contributed by atoms with E-state index in [1.807, 2.05) is 13.8 Å². The van der Waals surface area contributed by atoms with Gasteiger partial charge < -0.3 is 14.8 Å². The van der Waals surface area contributed by atoms with Crippen LogP contribution in [0.25, 0.3) is 0 Å². The van der Waals surface area contributed by atoms with Gasteiger partial charge >= 0.3 is 0 Å². The van der Waals surface area contributed by atoms with E-state index in [0.717, 1.165) is 25.0 Å². The van der Waals surface area contributed by atoms with E-state index in [9.17, 15) is 4.39 Å². The van der Waals surface area contributed by atoms with E-state index in [-0.39, 0.29) is 5.82 Å². The second kappa shape index (κ2) is 9.66. The highest BCUT2D eigenvalue weighted by Gasteiger charge is 2.08. The lowest BCUT2D eigenvalue weighted by atomic mass is 10.2. The molecule has 0 spiro atoms. The molecule has 0 unspecified atom stereocenters. The number of aromatic nitrogens is 1. The predicted octanol–water partition coefficient (Wildman–Crippen LogP) is 2.91. The highest BCUT2D eigenvalue weighted by Crippen LogP contribution is 2.16. The number of rotatable bonds is 10. The zero-order valence-electron chi connectivity index (χ0n) is 12.6. The summed E-state index contributed by atoms with van der Waals surface area (Å²) in [5.74, 6) is 0.121. The molecule has 20 heavy (non-hydrogen) atoms. The second-order valence-electron chi connectivity index (χ2n) is 4.97. The lowest BCUT2D eigenvalue weighted by Gasteiger charge is -2.13. The highest BCUT2D eigenvalue weighted by atomic mass is 19.1. The summed E-state index contributed by atoms with van der Waals surface area (Å²) < 4.78 is 24.2. The zero-order chi connectivity index (χ0) is 14.8. The van der Waals surface area contributed by atoms with Crippen molar-refractivity contribution in [2.45, 2.75) is 46.2 Å². The molecule has 1 aromatic rings. The minimum absolute atomic E-state index is 0.323. The quantitative estimate of drug-likeness (QED) is 0.671. The smallest absolute Gasteiger partial charge is 0.218 e. The number of pyridine rings is 1. The molecular formula is C15H25FN2O2. The molecule has 1 aromatic heterocycles. The first-order valence-corrected chi connectivity index (χ1v) is 7.21. The van der Waals surface area contributed by atoms with Gasteiger partial charge in [0, 0.05) is 24.8 Å². The van der Waals surface area contributed by atoms with Crippen molar-refractivity contribution in [1.82, 2.24) is 10.3 Å². The van der Waals surface area contributed by atoms with Crippen LogP contribution >= 0.6 is 0 Å². The van der Waals surface area contributed by atoms with Crippen LogP contribution in [0.4, 0.5) is 4.39 Å². The molecule has 0 fully saturated rings. The van der Waals surface area contributed by atoms with Crippen LogP contribution in [0, 0.1) is 5.82 Å². The molecule has 114 valence electrons. The molecule has 0 bridgehead atoms. The Balaban J connectivity index is 2.43. The van der Waals surface area contributed by atoms with Gasteiger partial charge in [-0.05, 0) is 12.5 Å². The summed E-state index contributed by atoms with van der Waals surface area (Å²) in [5, 5.41) is 3.23. The van der Waals surface area contributed by atoms with Crippen molar-refractivity contribution in [3.05, 3.63) is 23.6 Å². The number of halogens is 1. The van der Waals surface area contributed by atoms with Gasteiger partial charge in [-0.2, -0.15) is 0 Å². The van der Waals surface area contributed by atoms with E-state index >= 15 is 0 Å². The Morgan fingerprint density at radius 2 is 2.10 bits per heavy atom. The summed E-state index contributed by atoms with van der Waals surface area (Å²) in [6.07, 6.45) is 3.34. The lowest BCUT2D eigenvalue weighted by Crippen LogP contribution is -2.22. The summed E-state index contributed by atoms with van der Waals surface area (Å²) in [6.45, 7) is 8.43. The first-order chi connectivity index (χ1) is 9.63. The van der Waals surface area contributed by atoms with E-state index in [0.29, 0.717) is 31.7 Å². The normalized spacial score (nSPS) is 11.1. The maximum atomic E-state index is 13.2. The first kappa shape index (κ1) is 16.9. The van der Waals surface area contributed by atoms with E-state index in [4.69, 9.17) is 9.47 Å². The van der Waals surface area contributed by atoms with Crippen LogP contribution < -0.4 is 10.1 Å². The highest BCUT2D eigenvalue weighted by molar-refractivity contribution is 5.26. The molecule has 1 rings (SSSR count). The molecule has 0 aliphatic rings. The van der Waals surface area contributed by atoms with E-state index in [1.54, 1.807) is 0 Å². The van der Waals surface area contributed by atoms with E-state index in [1.165, 1.54) is 12.3 Å². The Kier molecular flexibility index (Phi) is 8.14. The van der Waals surface area contributed by atoms with Crippen molar-refractivity contribution in [2.24, 2.45) is 0 Å². The number of nitrogens with one attached hydrogen (secondary N) is 1. The summed E-state index contributed by atoms with van der Waals surface area (Å²) in [6, 6.07) is 1.78. The molecule has 0 saturated carbocycles. The van der Waals surface area contributed by atoms with Gasteiger partial charge in [0.05, 0.1) is 12.8 Å². The molecule has 0 atom stereocenters. The summed E-state index contributed by atoms with van der Waals surface area (Å²) >= 11 is 0. The number of hydrogen-bond donors (Lipinski definition) is 1. The van der Waals surface area contributed by atoms with Crippen molar-refractivity contribution in [3.63, 3.8) is 0 Å². The molecule has 0 aliphatic carbocycles. The average molecular weight is 284 g/mol. The third kappa shape index (κ3) is 6.82. The van der Waals surface area contributed by atoms with E-state index in [2.05, 4.69) is 17.2 Å². The first-order valence-electron chi connectivity index (χ1n) is 7.21. The maximum Gasteiger partial charge on any atom is 0.218 e. The fourth-order valence-electron chi connectivity index (χ4n) is 1.59. The Morgan fingerprint density at radius 1 is 1.30 bits per heavy atom. The fourth-order valence-corrected chi connectivity index (χ4v) is 1.59. The van der Waals surface area contributed by atoms with Crippen LogP contribution in [0.15, 0.2) is 12.3 Å². The number of nitrogens with zero attached hydrogens (tertiary/aromatic N) is 1. The SMILES string of the molecule is CCCCOCCOc1ncc(F)cc1CNC(C)C. The Hall–Kier alpha value is -1.20. The Bertz CT molecular complexity index is 386. The van der Waals surface area contributed by atoms with Crippen LogP contribution in [0.5, 0.6) is 5.88 Å². The van der Waals surface area contributed by atoms with Gasteiger partial charge in [0.1, 0.15) is 12.4 Å². The van der Waals surface area contributed by atoms with Crippen LogP contribution in [-0.4, -0.2) is 30.8 Å². The van der Waals surface area contributed by atoms with Crippen LogP contribution in [0.2, 0.25) is 0 Å². The second-order valence-corrected chi connectivity index (χ2v) is 4.97. The lowest BCUT2D eigenvalue weighted by molar-refractivity contribution is 0.0960. The summed E-state index contributed by atoms with van der Waals surface area (Å²) in [4.78, 5) is 4.00. The molecule has 0 aromatic carbocycles. The minimum atomic E-state index is -0.350. The van der Waals surface area contributed by atoms with Crippen molar-refractivity contribution < 1.29 is 13.9 Å². The number of ether oxygens (including phenoxy) is 2. The molecule has 4 nitrogen and oxygen atoms in total. The number of hydrogen-bond acceptors (Lipinski definition) is 4. The van der Waals surface area contributed by atoms with Gasteiger partial charge in [0.2, 0.25) is 5.88 Å². The average Bonchev–Trinajstić information content (AvgIpc) is 2.42. The van der Waals surface area contributed by atoms with Gasteiger partial charge in [-0.15, -0.1) is 0 Å².